The summed E-state index contributed by atoms with van der Waals surface area (Å²) >= 11 is 0. The highest BCUT2D eigenvalue weighted by Gasteiger charge is 2.32. The van der Waals surface area contributed by atoms with E-state index in [1.54, 1.807) is 30.5 Å². The number of H-pyrrole nitrogens is 1. The van der Waals surface area contributed by atoms with Crippen molar-refractivity contribution in [1.82, 2.24) is 26.3 Å². The van der Waals surface area contributed by atoms with Gasteiger partial charge in [-0.3, -0.25) is 14.4 Å². The smallest absolute Gasteiger partial charge is 0.407 e. The van der Waals surface area contributed by atoms with Gasteiger partial charge in [0.05, 0.1) is 26.9 Å². The number of unbranched alkanes of at least 4 members (excludes halogenated alkanes) is 1. The monoisotopic (exact) mass is 819 g/mol. The molecule has 0 spiro atoms. The first-order valence-electron chi connectivity index (χ1n) is 20.0. The van der Waals surface area contributed by atoms with Crippen LogP contribution in [0.5, 0.6) is 5.75 Å². The zero-order valence-corrected chi connectivity index (χ0v) is 34.1. The van der Waals surface area contributed by atoms with Gasteiger partial charge in [0.15, 0.2) is 0 Å². The van der Waals surface area contributed by atoms with Gasteiger partial charge in [0.2, 0.25) is 17.7 Å². The van der Waals surface area contributed by atoms with Gasteiger partial charge < -0.3 is 45.2 Å². The van der Waals surface area contributed by atoms with Crippen molar-refractivity contribution in [1.29, 1.82) is 0 Å². The van der Waals surface area contributed by atoms with Gasteiger partial charge in [-0.1, -0.05) is 104 Å². The van der Waals surface area contributed by atoms with Crippen molar-refractivity contribution in [3.05, 3.63) is 138 Å². The number of aromatic amines is 1. The molecule has 4 aromatic carbocycles. The standard InChI is InChI=1S/C46H53N5O9/c1-4-5-24-59-46(56)51-40(26-35-27-47-38-19-13-12-18-37(35)38)43(53)49-39(25-32-20-22-36(23-21-32)60-29-34-16-10-7-11-17-34)42(52)50-41(44(54)48-31(2)45(55)57-3)30-58-28-33-14-8-6-9-15-33/h6-23,27,31,39-41,47H,4-5,24-26,28-30H2,1-3H3,(H,48,54)(H,49,53)(H,50,52)(H,51,56)/t31-,39-,40+,41+/m1/s1. The van der Waals surface area contributed by atoms with Gasteiger partial charge in [0.25, 0.3) is 0 Å². The highest BCUT2D eigenvalue weighted by molar-refractivity contribution is 5.95. The summed E-state index contributed by atoms with van der Waals surface area (Å²) in [5, 5.41) is 11.7. The molecule has 1 aromatic heterocycles. The summed E-state index contributed by atoms with van der Waals surface area (Å²) in [6.45, 7) is 3.83. The largest absolute Gasteiger partial charge is 0.489 e. The summed E-state index contributed by atoms with van der Waals surface area (Å²) in [5.74, 6) is -2.14. The third-order valence-electron chi connectivity index (χ3n) is 9.63. The van der Waals surface area contributed by atoms with Crippen LogP contribution < -0.4 is 26.0 Å². The predicted octanol–water partition coefficient (Wildman–Crippen LogP) is 5.29. The maximum absolute atomic E-state index is 14.3. The van der Waals surface area contributed by atoms with Crippen molar-refractivity contribution in [3.63, 3.8) is 0 Å². The Morgan fingerprint density at radius 3 is 1.92 bits per heavy atom. The van der Waals surface area contributed by atoms with Gasteiger partial charge in [-0.05, 0) is 53.8 Å². The fourth-order valence-corrected chi connectivity index (χ4v) is 6.28. The van der Waals surface area contributed by atoms with E-state index < -0.39 is 54.0 Å². The number of para-hydroxylation sites is 1. The van der Waals surface area contributed by atoms with E-state index in [4.69, 9.17) is 18.9 Å². The molecule has 60 heavy (non-hydrogen) atoms. The molecule has 0 aliphatic heterocycles. The number of carbonyl (C=O) groups excluding carboxylic acids is 5. The molecule has 4 amide bonds. The maximum atomic E-state index is 14.3. The number of benzene rings is 4. The van der Waals surface area contributed by atoms with Gasteiger partial charge in [-0.25, -0.2) is 9.59 Å². The van der Waals surface area contributed by atoms with E-state index in [1.807, 2.05) is 91.9 Å². The lowest BCUT2D eigenvalue weighted by atomic mass is 10.0. The Kier molecular flexibility index (Phi) is 17.1. The van der Waals surface area contributed by atoms with Crippen molar-refractivity contribution in [3.8, 4) is 5.75 Å². The molecule has 0 aliphatic rings. The number of amides is 4. The number of esters is 1. The molecule has 0 unspecified atom stereocenters. The molecule has 0 bridgehead atoms. The van der Waals surface area contributed by atoms with E-state index in [9.17, 15) is 24.0 Å². The van der Waals surface area contributed by atoms with E-state index in [-0.39, 0.29) is 32.7 Å². The first kappa shape index (κ1) is 44.4. The summed E-state index contributed by atoms with van der Waals surface area (Å²) in [7, 11) is 1.20. The Labute approximate surface area is 349 Å². The lowest BCUT2D eigenvalue weighted by Gasteiger charge is -2.26. The lowest BCUT2D eigenvalue weighted by molar-refractivity contribution is -0.145. The van der Waals surface area contributed by atoms with Gasteiger partial charge in [0.1, 0.15) is 36.5 Å². The second-order valence-electron chi connectivity index (χ2n) is 14.2. The second kappa shape index (κ2) is 23.1. The molecule has 5 N–H and O–H groups in total. The van der Waals surface area contributed by atoms with Crippen LogP contribution >= 0.6 is 0 Å². The summed E-state index contributed by atoms with van der Waals surface area (Å²) in [6.07, 6.45) is 2.52. The molecule has 5 rings (SSSR count). The molecule has 5 aromatic rings. The van der Waals surface area contributed by atoms with Crippen LogP contribution in [0.1, 0.15) is 48.9 Å². The number of nitrogens with one attached hydrogen (secondary N) is 5. The number of hydrogen-bond donors (Lipinski definition) is 5. The topological polar surface area (TPSA) is 186 Å². The van der Waals surface area contributed by atoms with Crippen LogP contribution in [-0.2, 0) is 59.4 Å². The van der Waals surface area contributed by atoms with Gasteiger partial charge in [-0.2, -0.15) is 0 Å². The first-order chi connectivity index (χ1) is 29.1. The Bertz CT molecular complexity index is 2140. The highest BCUT2D eigenvalue weighted by Crippen LogP contribution is 2.20. The number of ether oxygens (including phenoxy) is 4. The summed E-state index contributed by atoms with van der Waals surface area (Å²) in [6, 6.07) is 29.0. The molecule has 4 atom stereocenters. The van der Waals surface area contributed by atoms with E-state index in [0.717, 1.165) is 34.0 Å². The second-order valence-corrected chi connectivity index (χ2v) is 14.2. The van der Waals surface area contributed by atoms with E-state index in [1.165, 1.54) is 14.0 Å². The minimum Gasteiger partial charge on any atom is -0.489 e. The van der Waals surface area contributed by atoms with Crippen molar-refractivity contribution >= 4 is 40.7 Å². The molecular formula is C46H53N5O9. The fourth-order valence-electron chi connectivity index (χ4n) is 6.28. The lowest BCUT2D eigenvalue weighted by Crippen LogP contribution is -2.59. The van der Waals surface area contributed by atoms with Crippen LogP contribution in [0.25, 0.3) is 10.9 Å². The zero-order chi connectivity index (χ0) is 42.7. The molecule has 0 radical (unpaired) electrons. The van der Waals surface area contributed by atoms with Crippen LogP contribution in [0.15, 0.2) is 115 Å². The SMILES string of the molecule is CCCCOC(=O)N[C@@H](Cc1c[nH]c2ccccc12)C(=O)N[C@H](Cc1ccc(OCc2ccccc2)cc1)C(=O)N[C@@H](COCc1ccccc1)C(=O)N[C@H](C)C(=O)OC. The van der Waals surface area contributed by atoms with Crippen molar-refractivity contribution in [2.75, 3.05) is 20.3 Å². The van der Waals surface area contributed by atoms with Crippen LogP contribution in [0, 0.1) is 0 Å². The number of carbonyl (C=O) groups is 5. The van der Waals surface area contributed by atoms with Gasteiger partial charge >= 0.3 is 12.1 Å². The predicted molar refractivity (Wildman–Crippen MR) is 226 cm³/mol. The molecule has 316 valence electrons. The Balaban J connectivity index is 1.39. The van der Waals surface area contributed by atoms with Crippen molar-refractivity contribution in [2.45, 2.75) is 76.9 Å². The summed E-state index contributed by atoms with van der Waals surface area (Å²) in [5.41, 5.74) is 4.13. The first-order valence-corrected chi connectivity index (χ1v) is 20.0. The molecule has 0 saturated carbocycles. The highest BCUT2D eigenvalue weighted by atomic mass is 16.5. The number of fused-ring (bicyclic) bond motifs is 1. The fraction of sp³-hybridized carbons (Fsp3) is 0.326. The maximum Gasteiger partial charge on any atom is 0.407 e. The average Bonchev–Trinajstić information content (AvgIpc) is 3.68. The molecule has 14 heteroatoms. The van der Waals surface area contributed by atoms with Crippen molar-refractivity contribution < 1.29 is 42.9 Å². The van der Waals surface area contributed by atoms with Crippen molar-refractivity contribution in [2.24, 2.45) is 0 Å². The van der Waals surface area contributed by atoms with E-state index >= 15 is 0 Å². The minimum absolute atomic E-state index is 0.00490. The van der Waals surface area contributed by atoms with E-state index in [0.29, 0.717) is 24.3 Å². The quantitative estimate of drug-likeness (QED) is 0.0457. The summed E-state index contributed by atoms with van der Waals surface area (Å²) in [4.78, 5) is 70.6. The van der Waals surface area contributed by atoms with Crippen LogP contribution in [-0.4, -0.2) is 79.3 Å². The molecule has 0 fully saturated rings. The third-order valence-corrected chi connectivity index (χ3v) is 9.63. The Morgan fingerprint density at radius 1 is 0.650 bits per heavy atom. The number of rotatable bonds is 22. The molecular weight excluding hydrogens is 767 g/mol. The molecule has 0 aliphatic carbocycles. The van der Waals surface area contributed by atoms with Crippen LogP contribution in [0.4, 0.5) is 4.79 Å². The number of hydrogen-bond acceptors (Lipinski definition) is 9. The van der Waals surface area contributed by atoms with Crippen LogP contribution in [0.3, 0.4) is 0 Å². The molecule has 14 nitrogen and oxygen atoms in total. The third kappa shape index (κ3) is 13.7. The minimum atomic E-state index is -1.28. The molecule has 1 heterocycles. The zero-order valence-electron chi connectivity index (χ0n) is 34.1. The van der Waals surface area contributed by atoms with E-state index in [2.05, 4.69) is 26.3 Å². The average molecular weight is 820 g/mol. The normalized spacial score (nSPS) is 12.9. The van der Waals surface area contributed by atoms with Gasteiger partial charge in [0, 0.05) is 29.9 Å². The van der Waals surface area contributed by atoms with Crippen LogP contribution in [0.2, 0.25) is 0 Å². The Hall–Kier alpha value is -6.67. The number of methoxy groups -OCH3 is 1. The number of aromatic nitrogens is 1. The number of alkyl carbamates (subject to hydrolysis) is 1. The molecule has 0 saturated heterocycles. The van der Waals surface area contributed by atoms with Gasteiger partial charge in [-0.15, -0.1) is 0 Å². The Morgan fingerprint density at radius 2 is 1.25 bits per heavy atom. The summed E-state index contributed by atoms with van der Waals surface area (Å²) < 4.78 is 22.0.